The van der Waals surface area contributed by atoms with Crippen LogP contribution in [0.2, 0.25) is 0 Å². The van der Waals surface area contributed by atoms with Gasteiger partial charge < -0.3 is 20.8 Å². The Kier molecular flexibility index (Phi) is 10.4. The van der Waals surface area contributed by atoms with Crippen LogP contribution in [0.15, 0.2) is 30.6 Å². The van der Waals surface area contributed by atoms with Crippen LogP contribution >= 0.6 is 0 Å². The van der Waals surface area contributed by atoms with E-state index in [0.717, 1.165) is 6.92 Å². The second-order valence-corrected chi connectivity index (χ2v) is 11.6. The predicted molar refractivity (Wildman–Crippen MR) is 153 cm³/mol. The molecule has 13 heteroatoms. The van der Waals surface area contributed by atoms with Crippen LogP contribution in [0.1, 0.15) is 74.3 Å². The van der Waals surface area contributed by atoms with Gasteiger partial charge in [-0.1, -0.05) is 0 Å². The zero-order valence-corrected chi connectivity index (χ0v) is 24.6. The van der Waals surface area contributed by atoms with Gasteiger partial charge in [0, 0.05) is 44.8 Å². The molecule has 1 aliphatic heterocycles. The number of amides is 2. The van der Waals surface area contributed by atoms with E-state index in [2.05, 4.69) is 20.7 Å². The van der Waals surface area contributed by atoms with Crippen LogP contribution in [-0.4, -0.2) is 69.9 Å². The number of anilines is 1. The molecule has 234 valence electrons. The number of methoxy groups -OCH3 is 1. The lowest BCUT2D eigenvalue weighted by atomic mass is 9.75. The highest BCUT2D eigenvalue weighted by Crippen LogP contribution is 2.36. The van der Waals surface area contributed by atoms with Crippen molar-refractivity contribution >= 4 is 29.1 Å². The molecule has 0 bridgehead atoms. The third-order valence-corrected chi connectivity index (χ3v) is 8.52. The molecule has 2 fully saturated rings. The smallest absolute Gasteiger partial charge is 0.265 e. The van der Waals surface area contributed by atoms with Gasteiger partial charge >= 0.3 is 0 Å². The summed E-state index contributed by atoms with van der Waals surface area (Å²) in [6, 6.07) is 3.59. The number of Topliss-reactive ketones (excluding diaryl/α,β-unsaturated/α-hetero) is 1. The summed E-state index contributed by atoms with van der Waals surface area (Å²) in [4.78, 5) is 43.8. The Hall–Kier alpha value is -3.61. The standard InChI is InChI=1S/C30H39F3N6O4/c1-4-39-22(10-12-36-39)27(40)26(34)25(17-5-7-21(31)8-6-17)29(42)38-24-15-18(9-11-35-24)20(16-43-3)13-19-14-23(30(2,32)33)37-28(19)41/h9-12,15,17,19-21,23,25,34H,4-8,13-14,16H2,1-3H3,(H,37,41)(H,35,38,42)/t17?,19?,20-,21?,23+,25?/m1/s1. The fourth-order valence-corrected chi connectivity index (χ4v) is 6.14. The van der Waals surface area contributed by atoms with E-state index >= 15 is 0 Å². The first-order chi connectivity index (χ1) is 20.4. The van der Waals surface area contributed by atoms with Gasteiger partial charge in [-0.25, -0.2) is 18.2 Å². The number of nitrogens with one attached hydrogen (secondary N) is 3. The zero-order valence-electron chi connectivity index (χ0n) is 24.6. The molecule has 3 heterocycles. The lowest BCUT2D eigenvalue weighted by Gasteiger charge is -2.30. The Bertz CT molecular complexity index is 1320. The van der Waals surface area contributed by atoms with Crippen LogP contribution in [-0.2, 0) is 20.9 Å². The van der Waals surface area contributed by atoms with Gasteiger partial charge in [0.1, 0.15) is 17.7 Å². The lowest BCUT2D eigenvalue weighted by molar-refractivity contribution is -0.124. The number of carbonyl (C=O) groups is 3. The molecule has 2 amide bonds. The van der Waals surface area contributed by atoms with E-state index in [9.17, 15) is 27.6 Å². The number of ketones is 1. The molecule has 0 aromatic carbocycles. The van der Waals surface area contributed by atoms with Gasteiger partial charge in [0.2, 0.25) is 17.6 Å². The number of hydrogen-bond donors (Lipinski definition) is 3. The number of ether oxygens (including phenoxy) is 1. The maximum absolute atomic E-state index is 14.0. The second-order valence-electron chi connectivity index (χ2n) is 11.6. The molecule has 2 aliphatic rings. The lowest BCUT2D eigenvalue weighted by Crippen LogP contribution is -2.41. The second kappa shape index (κ2) is 13.8. The van der Waals surface area contributed by atoms with Gasteiger partial charge in [0.15, 0.2) is 0 Å². The predicted octanol–water partition coefficient (Wildman–Crippen LogP) is 4.56. The number of nitrogens with zero attached hydrogens (tertiary/aromatic N) is 3. The molecule has 1 saturated carbocycles. The van der Waals surface area contributed by atoms with Crippen molar-refractivity contribution in [3.8, 4) is 0 Å². The van der Waals surface area contributed by atoms with Crippen LogP contribution in [0.5, 0.6) is 0 Å². The molecule has 3 N–H and O–H groups in total. The minimum atomic E-state index is -3.04. The van der Waals surface area contributed by atoms with Crippen molar-refractivity contribution in [3.05, 3.63) is 41.9 Å². The summed E-state index contributed by atoms with van der Waals surface area (Å²) < 4.78 is 48.5. The van der Waals surface area contributed by atoms with Gasteiger partial charge in [-0.2, -0.15) is 5.10 Å². The Morgan fingerprint density at radius 3 is 2.58 bits per heavy atom. The molecule has 2 unspecified atom stereocenters. The van der Waals surface area contributed by atoms with Crippen molar-refractivity contribution in [2.75, 3.05) is 19.0 Å². The largest absolute Gasteiger partial charge is 0.384 e. The number of aryl methyl sites for hydroxylation is 1. The van der Waals surface area contributed by atoms with Crippen LogP contribution in [0.25, 0.3) is 0 Å². The molecule has 2 aromatic heterocycles. The summed E-state index contributed by atoms with van der Waals surface area (Å²) in [6.07, 6.45) is 3.40. The van der Waals surface area contributed by atoms with Gasteiger partial charge in [0.05, 0.1) is 24.3 Å². The number of pyridine rings is 1. The summed E-state index contributed by atoms with van der Waals surface area (Å²) in [5.74, 6) is -7.05. The number of alkyl halides is 3. The Balaban J connectivity index is 1.54. The molecule has 2 aromatic rings. The number of halogens is 3. The molecule has 4 rings (SSSR count). The fraction of sp³-hybridized carbons (Fsp3) is 0.600. The highest BCUT2D eigenvalue weighted by Gasteiger charge is 2.44. The van der Waals surface area contributed by atoms with Crippen molar-refractivity contribution < 1.29 is 32.3 Å². The zero-order chi connectivity index (χ0) is 31.3. The molecule has 1 saturated heterocycles. The molecule has 0 radical (unpaired) electrons. The van der Waals surface area contributed by atoms with Crippen molar-refractivity contribution in [2.24, 2.45) is 17.8 Å². The summed E-state index contributed by atoms with van der Waals surface area (Å²) >= 11 is 0. The highest BCUT2D eigenvalue weighted by molar-refractivity contribution is 6.48. The molecule has 4 atom stereocenters. The van der Waals surface area contributed by atoms with Gasteiger partial charge in [-0.05, 0) is 75.1 Å². The molecule has 0 spiro atoms. The third-order valence-electron chi connectivity index (χ3n) is 8.52. The van der Waals surface area contributed by atoms with Gasteiger partial charge in [-0.3, -0.25) is 19.1 Å². The van der Waals surface area contributed by atoms with E-state index in [1.165, 1.54) is 30.3 Å². The van der Waals surface area contributed by atoms with E-state index in [1.54, 1.807) is 12.1 Å². The first-order valence-electron chi connectivity index (χ1n) is 14.7. The van der Waals surface area contributed by atoms with Gasteiger partial charge in [0.25, 0.3) is 5.92 Å². The summed E-state index contributed by atoms with van der Waals surface area (Å²) in [6.45, 7) is 3.21. The van der Waals surface area contributed by atoms with Gasteiger partial charge in [-0.15, -0.1) is 0 Å². The van der Waals surface area contributed by atoms with Crippen LogP contribution in [0.4, 0.5) is 19.0 Å². The molecule has 10 nitrogen and oxygen atoms in total. The summed E-state index contributed by atoms with van der Waals surface area (Å²) in [5.41, 5.74) is 0.489. The summed E-state index contributed by atoms with van der Waals surface area (Å²) in [5, 5.41) is 18.0. The first-order valence-corrected chi connectivity index (χ1v) is 14.7. The molecule has 1 aliphatic carbocycles. The van der Waals surface area contributed by atoms with E-state index < -0.39 is 59.2 Å². The molecular weight excluding hydrogens is 565 g/mol. The molecule has 43 heavy (non-hydrogen) atoms. The quantitative estimate of drug-likeness (QED) is 0.226. The van der Waals surface area contributed by atoms with Crippen LogP contribution < -0.4 is 10.6 Å². The van der Waals surface area contributed by atoms with Crippen LogP contribution in [0, 0.1) is 23.2 Å². The summed E-state index contributed by atoms with van der Waals surface area (Å²) in [7, 11) is 1.50. The number of hydrogen-bond acceptors (Lipinski definition) is 7. The Labute approximate surface area is 248 Å². The van der Waals surface area contributed by atoms with E-state index in [-0.39, 0.29) is 49.7 Å². The monoisotopic (exact) mass is 604 g/mol. The van der Waals surface area contributed by atoms with Crippen molar-refractivity contribution in [1.29, 1.82) is 5.41 Å². The molecular formula is C30H39F3N6O4. The van der Waals surface area contributed by atoms with E-state index in [1.807, 2.05) is 6.92 Å². The highest BCUT2D eigenvalue weighted by atomic mass is 19.3. The maximum Gasteiger partial charge on any atom is 0.265 e. The van der Waals surface area contributed by atoms with E-state index in [4.69, 9.17) is 10.1 Å². The number of aromatic nitrogens is 3. The van der Waals surface area contributed by atoms with E-state index in [0.29, 0.717) is 24.9 Å². The topological polar surface area (TPSA) is 139 Å². The maximum atomic E-state index is 14.0. The normalized spacial score (nSPS) is 23.8. The Morgan fingerprint density at radius 1 is 1.23 bits per heavy atom. The third kappa shape index (κ3) is 7.67. The SMILES string of the molecule is CCn1nccc1C(=O)C(=N)C(C(=O)Nc1cc([C@@H](COC)CC2C[C@@H](C(C)(F)F)NC2=O)ccn1)C1CCC(F)CC1. The average molecular weight is 605 g/mol. The Morgan fingerprint density at radius 2 is 1.95 bits per heavy atom. The van der Waals surface area contributed by atoms with Crippen molar-refractivity contribution in [2.45, 2.75) is 83.0 Å². The number of rotatable bonds is 13. The minimum absolute atomic E-state index is 0.00684. The average Bonchev–Trinajstić information content (AvgIpc) is 3.60. The fourth-order valence-electron chi connectivity index (χ4n) is 6.14. The van der Waals surface area contributed by atoms with Crippen LogP contribution in [0.3, 0.4) is 0 Å². The first kappa shape index (κ1) is 32.3. The minimum Gasteiger partial charge on any atom is -0.384 e. The van der Waals surface area contributed by atoms with Crippen molar-refractivity contribution in [3.63, 3.8) is 0 Å². The number of carbonyl (C=O) groups excluding carboxylic acids is 3. The van der Waals surface area contributed by atoms with Crippen molar-refractivity contribution in [1.82, 2.24) is 20.1 Å².